The van der Waals surface area contributed by atoms with E-state index in [0.717, 1.165) is 50.6 Å². The highest BCUT2D eigenvalue weighted by Gasteiger charge is 2.54. The lowest BCUT2D eigenvalue weighted by Crippen LogP contribution is -2.71. The van der Waals surface area contributed by atoms with E-state index < -0.39 is 59.3 Å². The number of β-lactam (4-membered cyclic amide) rings is 1. The highest BCUT2D eigenvalue weighted by molar-refractivity contribution is 8.08. The van der Waals surface area contributed by atoms with E-state index in [1.807, 2.05) is 152 Å². The fourth-order valence-electron chi connectivity index (χ4n) is 7.56. The van der Waals surface area contributed by atoms with Gasteiger partial charge in [-0.1, -0.05) is 169 Å². The molecule has 8 rings (SSSR count). The molecule has 0 saturated carbocycles. The third-order valence-electron chi connectivity index (χ3n) is 10.5. The van der Waals surface area contributed by atoms with E-state index in [2.05, 4.69) is 15.8 Å². The number of carbonyl (C=O) groups excluding carboxylic acids is 4. The molecule has 0 aliphatic carbocycles. The van der Waals surface area contributed by atoms with Crippen molar-refractivity contribution in [2.45, 2.75) is 23.1 Å². The quantitative estimate of drug-likeness (QED) is 0.0172. The lowest BCUT2D eigenvalue weighted by atomic mass is 9.77. The number of primary amides is 1. The zero-order valence-electron chi connectivity index (χ0n) is 34.8. The molecule has 0 radical (unpaired) electrons. The number of aliphatic carboxylic acids is 1. The van der Waals surface area contributed by atoms with E-state index in [-0.39, 0.29) is 22.9 Å². The molecule has 2 aliphatic heterocycles. The number of aromatic nitrogens is 1. The van der Waals surface area contributed by atoms with Crippen molar-refractivity contribution in [2.75, 3.05) is 17.7 Å². The van der Waals surface area contributed by atoms with Crippen LogP contribution in [0.5, 0.6) is 0 Å². The molecule has 6 aromatic rings. The monoisotopic (exact) mass is 936 g/mol. The number of thiazole rings is 1. The van der Waals surface area contributed by atoms with E-state index >= 15 is 0 Å². The number of nitrogens with one attached hydrogen (secondary N) is 2. The van der Waals surface area contributed by atoms with Crippen molar-refractivity contribution in [3.63, 3.8) is 0 Å². The second-order valence-electron chi connectivity index (χ2n) is 14.7. The number of benzene rings is 5. The van der Waals surface area contributed by atoms with Crippen LogP contribution in [-0.2, 0) is 39.1 Å². The molecule has 332 valence electrons. The number of thioether (sulfide) groups is 2. The number of amides is 3. The Morgan fingerprint density at radius 2 is 1.38 bits per heavy atom. The van der Waals surface area contributed by atoms with Crippen molar-refractivity contribution >= 4 is 75.4 Å². The second-order valence-corrected chi connectivity index (χ2v) is 17.6. The number of carboxylic acids is 1. The number of carboxylic acid groups (broad SMARTS) is 1. The summed E-state index contributed by atoms with van der Waals surface area (Å²) < 4.78 is 5.90. The fraction of sp³-hybridized carbons (Fsp3) is 0.122. The summed E-state index contributed by atoms with van der Waals surface area (Å²) >= 11 is 3.40. The minimum Gasteiger partial charge on any atom is -0.477 e. The first-order valence-corrected chi connectivity index (χ1v) is 23.2. The summed E-state index contributed by atoms with van der Waals surface area (Å²) in [5.41, 5.74) is 7.88. The Morgan fingerprint density at radius 1 is 0.848 bits per heavy atom. The van der Waals surface area contributed by atoms with E-state index in [0.29, 0.717) is 10.0 Å². The van der Waals surface area contributed by atoms with Gasteiger partial charge in [0.1, 0.15) is 28.3 Å². The van der Waals surface area contributed by atoms with Gasteiger partial charge in [0.15, 0.2) is 16.9 Å². The molecule has 2 aliphatic rings. The summed E-state index contributed by atoms with van der Waals surface area (Å²) in [6.45, 7) is -0.687. The topological polar surface area (TPSA) is 203 Å². The van der Waals surface area contributed by atoms with Gasteiger partial charge in [-0.3, -0.25) is 19.3 Å². The largest absolute Gasteiger partial charge is 0.477 e. The molecule has 14 nitrogen and oxygen atoms in total. The molecule has 5 aromatic carbocycles. The molecular formula is C49H40N6O8S3. The molecule has 0 spiro atoms. The van der Waals surface area contributed by atoms with Gasteiger partial charge in [-0.2, -0.15) is 0 Å². The van der Waals surface area contributed by atoms with Crippen LogP contribution in [0.25, 0.3) is 0 Å². The Kier molecular flexibility index (Phi) is 14.1. The SMILES string of the molecule is NC(=O)/C=C\SC1=C(C(=O)O)N2C(=O)[C@@H](NC(=O)/C(=N\OCC(=O)OC(c3ccccc3)c3ccccc3)c3csc(NC(c4ccccc4)(c4ccccc4)c4ccccc4)n3)[C@@H]2SC1. The summed E-state index contributed by atoms with van der Waals surface area (Å²) in [7, 11) is 0. The molecule has 3 heterocycles. The molecule has 0 bridgehead atoms. The van der Waals surface area contributed by atoms with Gasteiger partial charge in [-0.25, -0.2) is 14.6 Å². The number of nitrogens with two attached hydrogens (primary N) is 1. The maximum absolute atomic E-state index is 14.4. The van der Waals surface area contributed by atoms with Crippen LogP contribution in [0.1, 0.15) is 39.6 Å². The Hall–Kier alpha value is -7.47. The zero-order valence-corrected chi connectivity index (χ0v) is 37.2. The second kappa shape index (κ2) is 20.6. The van der Waals surface area contributed by atoms with Crippen molar-refractivity contribution in [1.82, 2.24) is 15.2 Å². The third kappa shape index (κ3) is 9.78. The molecule has 1 saturated heterocycles. The van der Waals surface area contributed by atoms with Crippen LogP contribution in [0, 0.1) is 0 Å². The highest BCUT2D eigenvalue weighted by Crippen LogP contribution is 2.44. The number of hydrogen-bond acceptors (Lipinski definition) is 13. The molecule has 2 atom stereocenters. The standard InChI is InChI=1S/C49H40N6O8S3/c50-38(56)26-27-64-37-30-65-46-41(45(59)55(46)42(37)47(60)61)52-44(58)40(54-62-28-39(57)63-43(31-16-6-1-7-17-31)32-18-8-2-9-19-32)36-29-66-48(51-36)53-49(33-20-10-3-11-21-33,34-22-12-4-13-23-34)35-24-14-5-15-25-35/h1-27,29,41,43,46H,28,30H2,(H2,50,56)(H,51,53)(H,52,58)(H,60,61)/b27-26-,54-40-/t41-,46+/m1/s1. The van der Waals surface area contributed by atoms with Gasteiger partial charge in [0.05, 0.1) is 0 Å². The third-order valence-corrected chi connectivity index (χ3v) is 13.6. The van der Waals surface area contributed by atoms with Crippen molar-refractivity contribution in [3.8, 4) is 0 Å². The van der Waals surface area contributed by atoms with Crippen molar-refractivity contribution in [1.29, 1.82) is 0 Å². The van der Waals surface area contributed by atoms with Gasteiger partial charge < -0.3 is 31.0 Å². The van der Waals surface area contributed by atoms with Gasteiger partial charge in [-0.05, 0) is 33.2 Å². The molecule has 1 fully saturated rings. The maximum Gasteiger partial charge on any atom is 0.353 e. The van der Waals surface area contributed by atoms with Crippen LogP contribution in [0.4, 0.5) is 5.13 Å². The summed E-state index contributed by atoms with van der Waals surface area (Å²) in [5, 5.41) is 23.2. The molecule has 5 N–H and O–H groups in total. The van der Waals surface area contributed by atoms with Gasteiger partial charge in [0.2, 0.25) is 12.5 Å². The van der Waals surface area contributed by atoms with Gasteiger partial charge >= 0.3 is 11.9 Å². The minimum atomic E-state index is -1.35. The van der Waals surface area contributed by atoms with Crippen molar-refractivity contribution in [2.24, 2.45) is 10.9 Å². The fourth-order valence-corrected chi connectivity index (χ4v) is 10.6. The van der Waals surface area contributed by atoms with Gasteiger partial charge in [-0.15, -0.1) is 23.1 Å². The predicted molar refractivity (Wildman–Crippen MR) is 254 cm³/mol. The van der Waals surface area contributed by atoms with Crippen molar-refractivity contribution in [3.05, 3.63) is 213 Å². The van der Waals surface area contributed by atoms with Gasteiger partial charge in [0, 0.05) is 22.1 Å². The first-order chi connectivity index (χ1) is 32.1. The molecule has 3 amide bonds. The maximum atomic E-state index is 14.4. The number of esters is 1. The summed E-state index contributed by atoms with van der Waals surface area (Å²) in [5.74, 6) is -4.20. The number of hydrogen-bond donors (Lipinski definition) is 4. The number of oxime groups is 1. The Morgan fingerprint density at radius 3 is 1.89 bits per heavy atom. The van der Waals surface area contributed by atoms with Crippen LogP contribution in [-0.4, -0.2) is 74.1 Å². The lowest BCUT2D eigenvalue weighted by Gasteiger charge is -2.49. The molecule has 66 heavy (non-hydrogen) atoms. The van der Waals surface area contributed by atoms with E-state index in [4.69, 9.17) is 20.3 Å². The normalized spacial score (nSPS) is 16.0. The lowest BCUT2D eigenvalue weighted by molar-refractivity contribution is -0.153. The molecule has 1 aromatic heterocycles. The van der Waals surface area contributed by atoms with E-state index in [9.17, 15) is 29.1 Å². The van der Waals surface area contributed by atoms with Crippen LogP contribution >= 0.6 is 34.9 Å². The minimum absolute atomic E-state index is 0.0638. The average Bonchev–Trinajstić information content (AvgIpc) is 3.81. The number of fused-ring (bicyclic) bond motifs is 1. The zero-order chi connectivity index (χ0) is 46.0. The predicted octanol–water partition coefficient (Wildman–Crippen LogP) is 7.03. The first kappa shape index (κ1) is 45.1. The number of rotatable bonds is 18. The average molecular weight is 937 g/mol. The Labute approximate surface area is 391 Å². The number of anilines is 1. The van der Waals surface area contributed by atoms with Gasteiger partial charge in [0.25, 0.3) is 11.8 Å². The summed E-state index contributed by atoms with van der Waals surface area (Å²) in [6.07, 6.45) is 0.331. The van der Waals surface area contributed by atoms with E-state index in [1.54, 1.807) is 5.38 Å². The van der Waals surface area contributed by atoms with Crippen LogP contribution in [0.2, 0.25) is 0 Å². The summed E-state index contributed by atoms with van der Waals surface area (Å²) in [4.78, 5) is 77.0. The molecular weight excluding hydrogens is 897 g/mol. The van der Waals surface area contributed by atoms with Crippen LogP contribution in [0.3, 0.4) is 0 Å². The highest BCUT2D eigenvalue weighted by atomic mass is 32.2. The Bertz CT molecular complexity index is 2670. The number of carbonyl (C=O) groups is 5. The Balaban J connectivity index is 1.10. The first-order valence-electron chi connectivity index (χ1n) is 20.4. The molecule has 0 unspecified atom stereocenters. The van der Waals surface area contributed by atoms with E-state index in [1.165, 1.54) is 28.5 Å². The smallest absolute Gasteiger partial charge is 0.353 e. The summed E-state index contributed by atoms with van der Waals surface area (Å²) in [6, 6.07) is 46.9. The van der Waals surface area contributed by atoms with Crippen molar-refractivity contribution < 1.29 is 38.7 Å². The number of nitrogens with zero attached hydrogens (tertiary/aromatic N) is 3. The molecule has 17 heteroatoms. The number of ether oxygens (including phenoxy) is 1. The van der Waals surface area contributed by atoms with Crippen LogP contribution in [0.15, 0.2) is 184 Å². The van der Waals surface area contributed by atoms with Crippen LogP contribution < -0.4 is 16.4 Å².